The molecule has 0 atom stereocenters. The highest BCUT2D eigenvalue weighted by Gasteiger charge is 2.38. The van der Waals surface area contributed by atoms with E-state index in [0.717, 1.165) is 16.3 Å². The molecule has 0 radical (unpaired) electrons. The highest BCUT2D eigenvalue weighted by molar-refractivity contribution is 6.12. The Morgan fingerprint density at radius 3 is 2.00 bits per heavy atom. The van der Waals surface area contributed by atoms with Gasteiger partial charge in [-0.2, -0.15) is 0 Å². The van der Waals surface area contributed by atoms with Crippen LogP contribution in [0.25, 0.3) is 21.5 Å². The zero-order chi connectivity index (χ0) is 18.3. The Balaban J connectivity index is 1.98. The lowest BCUT2D eigenvalue weighted by atomic mass is 9.64. The van der Waals surface area contributed by atoms with Crippen molar-refractivity contribution in [3.05, 3.63) is 59.7 Å². The molecule has 0 aliphatic heterocycles. The summed E-state index contributed by atoms with van der Waals surface area (Å²) in [7, 11) is 0. The number of carboxylic acid groups (broad SMARTS) is 2. The standard InChI is InChI=1S/C22H20O4/c23-18(24)9-11-22(12-10-19(25)26)13-16-5-1-3-14-7-8-15-4-2-6-17(22)21(15)20(14)16/h1-8H,9-13H2,(H,23,24)(H,25,26). The minimum absolute atomic E-state index is 0.0359. The van der Waals surface area contributed by atoms with Crippen LogP contribution in [0, 0.1) is 0 Å². The van der Waals surface area contributed by atoms with Gasteiger partial charge in [-0.05, 0) is 51.9 Å². The van der Waals surface area contributed by atoms with Crippen molar-refractivity contribution in [2.45, 2.75) is 37.5 Å². The van der Waals surface area contributed by atoms with Crippen LogP contribution in [0.4, 0.5) is 0 Å². The predicted molar refractivity (Wildman–Crippen MR) is 101 cm³/mol. The van der Waals surface area contributed by atoms with E-state index in [1.165, 1.54) is 16.3 Å². The number of rotatable bonds is 6. The molecule has 1 aliphatic carbocycles. The lowest BCUT2D eigenvalue weighted by Crippen LogP contribution is -2.33. The van der Waals surface area contributed by atoms with Crippen LogP contribution in [-0.2, 0) is 21.4 Å². The lowest BCUT2D eigenvalue weighted by molar-refractivity contribution is -0.137. The van der Waals surface area contributed by atoms with Crippen molar-refractivity contribution in [2.24, 2.45) is 0 Å². The Hall–Kier alpha value is -2.88. The number of aliphatic carboxylic acids is 2. The molecule has 0 aromatic heterocycles. The summed E-state index contributed by atoms with van der Waals surface area (Å²) in [6.07, 6.45) is 1.64. The van der Waals surface area contributed by atoms with E-state index < -0.39 is 17.4 Å². The minimum Gasteiger partial charge on any atom is -0.481 e. The van der Waals surface area contributed by atoms with Crippen molar-refractivity contribution in [3.8, 4) is 0 Å². The zero-order valence-electron chi connectivity index (χ0n) is 14.4. The summed E-state index contributed by atoms with van der Waals surface area (Å²) in [5.41, 5.74) is 1.82. The van der Waals surface area contributed by atoms with E-state index >= 15 is 0 Å². The molecule has 0 bridgehead atoms. The fraction of sp³-hybridized carbons (Fsp3) is 0.273. The molecule has 3 aromatic rings. The summed E-state index contributed by atoms with van der Waals surface area (Å²) in [6.45, 7) is 0. The van der Waals surface area contributed by atoms with E-state index in [4.69, 9.17) is 0 Å². The molecule has 4 rings (SSSR count). The topological polar surface area (TPSA) is 74.6 Å². The molecule has 0 fully saturated rings. The fourth-order valence-corrected chi connectivity index (χ4v) is 4.54. The summed E-state index contributed by atoms with van der Waals surface area (Å²) in [5.74, 6) is -1.69. The molecule has 2 N–H and O–H groups in total. The van der Waals surface area contributed by atoms with Crippen LogP contribution in [0.2, 0.25) is 0 Å². The van der Waals surface area contributed by atoms with Crippen LogP contribution in [-0.4, -0.2) is 22.2 Å². The Labute approximate surface area is 151 Å². The molecule has 1 aliphatic rings. The van der Waals surface area contributed by atoms with Crippen LogP contribution in [0.3, 0.4) is 0 Å². The van der Waals surface area contributed by atoms with Gasteiger partial charge in [0, 0.05) is 18.3 Å². The summed E-state index contributed by atoms with van der Waals surface area (Å²) in [6, 6.07) is 16.5. The van der Waals surface area contributed by atoms with Gasteiger partial charge in [-0.25, -0.2) is 0 Å². The van der Waals surface area contributed by atoms with Crippen LogP contribution in [0.15, 0.2) is 48.5 Å². The molecular formula is C22H20O4. The summed E-state index contributed by atoms with van der Waals surface area (Å²) in [4.78, 5) is 22.6. The quantitative estimate of drug-likeness (QED) is 0.643. The van der Waals surface area contributed by atoms with Gasteiger partial charge in [0.25, 0.3) is 0 Å². The maximum absolute atomic E-state index is 11.3. The number of carbonyl (C=O) groups is 2. The Kier molecular flexibility index (Phi) is 3.91. The van der Waals surface area contributed by atoms with E-state index in [1.54, 1.807) is 0 Å². The first kappa shape index (κ1) is 16.6. The van der Waals surface area contributed by atoms with Gasteiger partial charge in [0.2, 0.25) is 0 Å². The van der Waals surface area contributed by atoms with E-state index in [-0.39, 0.29) is 12.8 Å². The third kappa shape index (κ3) is 2.62. The van der Waals surface area contributed by atoms with Crippen LogP contribution < -0.4 is 0 Å². The number of benzene rings is 3. The third-order valence-corrected chi connectivity index (χ3v) is 5.71. The number of hydrogen-bond acceptors (Lipinski definition) is 2. The minimum atomic E-state index is -0.844. The number of carboxylic acids is 2. The van der Waals surface area contributed by atoms with Crippen LogP contribution >= 0.6 is 0 Å². The second kappa shape index (κ2) is 6.13. The Bertz CT molecular complexity index is 1020. The van der Waals surface area contributed by atoms with E-state index in [2.05, 4.69) is 36.4 Å². The first-order valence-electron chi connectivity index (χ1n) is 8.88. The first-order valence-corrected chi connectivity index (χ1v) is 8.88. The molecule has 26 heavy (non-hydrogen) atoms. The highest BCUT2D eigenvalue weighted by atomic mass is 16.4. The monoisotopic (exact) mass is 348 g/mol. The normalized spacial score (nSPS) is 14.8. The molecule has 0 spiro atoms. The van der Waals surface area contributed by atoms with Gasteiger partial charge in [-0.3, -0.25) is 9.59 Å². The van der Waals surface area contributed by atoms with Gasteiger partial charge in [0.15, 0.2) is 0 Å². The zero-order valence-corrected chi connectivity index (χ0v) is 14.4. The molecule has 0 unspecified atom stereocenters. The van der Waals surface area contributed by atoms with Crippen molar-refractivity contribution in [1.82, 2.24) is 0 Å². The van der Waals surface area contributed by atoms with E-state index in [1.807, 2.05) is 12.1 Å². The van der Waals surface area contributed by atoms with Crippen LogP contribution in [0.1, 0.15) is 36.8 Å². The van der Waals surface area contributed by atoms with Gasteiger partial charge in [0.1, 0.15) is 0 Å². The molecule has 0 heterocycles. The summed E-state index contributed by atoms with van der Waals surface area (Å²) < 4.78 is 0. The highest BCUT2D eigenvalue weighted by Crippen LogP contribution is 2.48. The maximum atomic E-state index is 11.3. The summed E-state index contributed by atoms with van der Waals surface area (Å²) in [5, 5.41) is 23.2. The first-order chi connectivity index (χ1) is 12.5. The fourth-order valence-electron chi connectivity index (χ4n) is 4.54. The van der Waals surface area contributed by atoms with Crippen molar-refractivity contribution < 1.29 is 19.8 Å². The number of hydrogen-bond donors (Lipinski definition) is 2. The molecule has 0 amide bonds. The van der Waals surface area contributed by atoms with Crippen molar-refractivity contribution in [3.63, 3.8) is 0 Å². The second-order valence-electron chi connectivity index (χ2n) is 7.23. The Morgan fingerprint density at radius 1 is 0.808 bits per heavy atom. The van der Waals surface area contributed by atoms with Gasteiger partial charge in [0.05, 0.1) is 0 Å². The molecule has 0 saturated carbocycles. The molecule has 0 saturated heterocycles. The Morgan fingerprint density at radius 2 is 1.38 bits per heavy atom. The lowest BCUT2D eigenvalue weighted by Gasteiger charge is -2.39. The average Bonchev–Trinajstić information content (AvgIpc) is 2.63. The molecular weight excluding hydrogens is 328 g/mol. The summed E-state index contributed by atoms with van der Waals surface area (Å²) >= 11 is 0. The maximum Gasteiger partial charge on any atom is 0.303 e. The molecule has 132 valence electrons. The smallest absolute Gasteiger partial charge is 0.303 e. The van der Waals surface area contributed by atoms with Crippen molar-refractivity contribution in [1.29, 1.82) is 0 Å². The van der Waals surface area contributed by atoms with E-state index in [9.17, 15) is 19.8 Å². The van der Waals surface area contributed by atoms with Crippen molar-refractivity contribution in [2.75, 3.05) is 0 Å². The molecule has 4 nitrogen and oxygen atoms in total. The van der Waals surface area contributed by atoms with Gasteiger partial charge in [-0.15, -0.1) is 0 Å². The van der Waals surface area contributed by atoms with Gasteiger partial charge >= 0.3 is 11.9 Å². The largest absolute Gasteiger partial charge is 0.481 e. The van der Waals surface area contributed by atoms with Crippen LogP contribution in [0.5, 0.6) is 0 Å². The van der Waals surface area contributed by atoms with Gasteiger partial charge < -0.3 is 10.2 Å². The van der Waals surface area contributed by atoms with E-state index in [0.29, 0.717) is 19.3 Å². The second-order valence-corrected chi connectivity index (χ2v) is 7.23. The predicted octanol–water partition coefficient (Wildman–Crippen LogP) is 4.52. The molecule has 4 heteroatoms. The third-order valence-electron chi connectivity index (χ3n) is 5.71. The van der Waals surface area contributed by atoms with Crippen molar-refractivity contribution >= 4 is 33.5 Å². The SMILES string of the molecule is O=C(O)CCC1(CCC(=O)O)Cc2cccc3ccc4cccc1c4c23. The molecule has 3 aromatic carbocycles. The average molecular weight is 348 g/mol. The van der Waals surface area contributed by atoms with Gasteiger partial charge in [-0.1, -0.05) is 48.5 Å².